The summed E-state index contributed by atoms with van der Waals surface area (Å²) >= 11 is 5.83. The molecule has 1 N–H and O–H groups in total. The van der Waals surface area contributed by atoms with Gasteiger partial charge < -0.3 is 9.64 Å². The van der Waals surface area contributed by atoms with Gasteiger partial charge in [0.2, 0.25) is 10.0 Å². The van der Waals surface area contributed by atoms with E-state index < -0.39 is 28.5 Å². The van der Waals surface area contributed by atoms with Crippen LogP contribution in [0.2, 0.25) is 5.02 Å². The maximum absolute atomic E-state index is 12.8. The number of H-pyrrole nitrogens is 1. The van der Waals surface area contributed by atoms with Gasteiger partial charge >= 0.3 is 5.97 Å². The van der Waals surface area contributed by atoms with Crippen molar-refractivity contribution in [3.63, 3.8) is 0 Å². The summed E-state index contributed by atoms with van der Waals surface area (Å²) in [6, 6.07) is 15.1. The summed E-state index contributed by atoms with van der Waals surface area (Å²) in [4.78, 5) is 26.7. The minimum atomic E-state index is -3.67. The second-order valence-electron chi connectivity index (χ2n) is 7.34. The molecule has 172 valence electrons. The number of piperazine rings is 1. The van der Waals surface area contributed by atoms with Crippen molar-refractivity contribution in [2.24, 2.45) is 0 Å². The molecule has 2 aromatic carbocycles. The largest absolute Gasteiger partial charge is 0.452 e. The fourth-order valence-electron chi connectivity index (χ4n) is 3.50. The number of hydrogen-bond acceptors (Lipinski definition) is 6. The van der Waals surface area contributed by atoms with Gasteiger partial charge in [-0.3, -0.25) is 9.89 Å². The van der Waals surface area contributed by atoms with E-state index in [0.29, 0.717) is 10.7 Å². The van der Waals surface area contributed by atoms with Gasteiger partial charge in [-0.25, -0.2) is 13.2 Å². The second kappa shape index (κ2) is 9.74. The molecule has 4 rings (SSSR count). The third kappa shape index (κ3) is 5.08. The van der Waals surface area contributed by atoms with Crippen LogP contribution < -0.4 is 0 Å². The Bertz CT molecular complexity index is 1240. The third-order valence-corrected chi connectivity index (χ3v) is 7.46. The molecule has 1 saturated heterocycles. The van der Waals surface area contributed by atoms with Crippen molar-refractivity contribution in [3.05, 3.63) is 71.4 Å². The maximum atomic E-state index is 12.8. The highest BCUT2D eigenvalue weighted by molar-refractivity contribution is 7.89. The maximum Gasteiger partial charge on any atom is 0.342 e. The average molecular weight is 489 g/mol. The van der Waals surface area contributed by atoms with Crippen molar-refractivity contribution in [2.45, 2.75) is 4.90 Å². The van der Waals surface area contributed by atoms with Gasteiger partial charge in [0.15, 0.2) is 6.61 Å². The Morgan fingerprint density at radius 2 is 1.67 bits per heavy atom. The quantitative estimate of drug-likeness (QED) is 0.533. The molecule has 0 aliphatic carbocycles. The first-order valence-electron chi connectivity index (χ1n) is 10.2. The zero-order valence-electron chi connectivity index (χ0n) is 17.5. The van der Waals surface area contributed by atoms with Crippen LogP contribution in [0, 0.1) is 0 Å². The van der Waals surface area contributed by atoms with Crippen LogP contribution in [0.1, 0.15) is 10.4 Å². The lowest BCUT2D eigenvalue weighted by molar-refractivity contribution is -0.135. The van der Waals surface area contributed by atoms with Crippen LogP contribution in [0.3, 0.4) is 0 Å². The number of ether oxygens (including phenoxy) is 1. The monoisotopic (exact) mass is 488 g/mol. The Morgan fingerprint density at radius 1 is 1.00 bits per heavy atom. The van der Waals surface area contributed by atoms with Gasteiger partial charge in [-0.15, -0.1) is 0 Å². The average Bonchev–Trinajstić information content (AvgIpc) is 3.33. The molecule has 11 heteroatoms. The van der Waals surface area contributed by atoms with E-state index in [0.717, 1.165) is 5.56 Å². The summed E-state index contributed by atoms with van der Waals surface area (Å²) in [6.45, 7) is 0.242. The lowest BCUT2D eigenvalue weighted by Gasteiger charge is -2.33. The highest BCUT2D eigenvalue weighted by Gasteiger charge is 2.30. The molecule has 0 atom stereocenters. The van der Waals surface area contributed by atoms with E-state index in [-0.39, 0.29) is 36.6 Å². The number of aromatic amines is 1. The standard InChI is InChI=1S/C22H21ClN4O5S/c23-17-6-8-18(9-7-17)33(30,31)27-12-10-26(11-13-27)20(28)15-32-22(29)19-14-24-25-21(19)16-4-2-1-3-5-16/h1-9,14H,10-13,15H2,(H,24,25). The molecule has 1 amide bonds. The summed E-state index contributed by atoms with van der Waals surface area (Å²) in [7, 11) is -3.67. The van der Waals surface area contributed by atoms with Crippen LogP contribution in [-0.4, -0.2) is 72.5 Å². The van der Waals surface area contributed by atoms with E-state index in [4.69, 9.17) is 16.3 Å². The highest BCUT2D eigenvalue weighted by Crippen LogP contribution is 2.22. The number of aromatic nitrogens is 2. The number of carbonyl (C=O) groups is 2. The first-order chi connectivity index (χ1) is 15.9. The molecule has 1 aromatic heterocycles. The molecule has 1 aliphatic rings. The van der Waals surface area contributed by atoms with Gasteiger partial charge in [0.05, 0.1) is 16.8 Å². The predicted molar refractivity (Wildman–Crippen MR) is 121 cm³/mol. The zero-order valence-corrected chi connectivity index (χ0v) is 19.1. The molecule has 3 aromatic rings. The molecule has 33 heavy (non-hydrogen) atoms. The SMILES string of the molecule is O=C(OCC(=O)N1CCN(S(=O)(=O)c2ccc(Cl)cc2)CC1)c1cn[nH]c1-c1ccccc1. The first kappa shape index (κ1) is 23.0. The van der Waals surface area contributed by atoms with Gasteiger partial charge in [0, 0.05) is 36.8 Å². The van der Waals surface area contributed by atoms with Gasteiger partial charge in [0.25, 0.3) is 5.91 Å². The molecule has 1 aliphatic heterocycles. The molecule has 9 nitrogen and oxygen atoms in total. The van der Waals surface area contributed by atoms with Crippen molar-refractivity contribution in [3.8, 4) is 11.3 Å². The molecule has 0 unspecified atom stereocenters. The topological polar surface area (TPSA) is 113 Å². The highest BCUT2D eigenvalue weighted by atomic mass is 35.5. The summed E-state index contributed by atoms with van der Waals surface area (Å²) in [5.74, 6) is -1.06. The normalized spacial score (nSPS) is 14.8. The Hall–Kier alpha value is -3.21. The molecule has 2 heterocycles. The van der Waals surface area contributed by atoms with Crippen LogP contribution in [0.4, 0.5) is 0 Å². The Balaban J connectivity index is 1.32. The number of benzene rings is 2. The van der Waals surface area contributed by atoms with Crippen LogP contribution in [0.5, 0.6) is 0 Å². The van der Waals surface area contributed by atoms with E-state index >= 15 is 0 Å². The zero-order chi connectivity index (χ0) is 23.4. The predicted octanol–water partition coefficient (Wildman–Crippen LogP) is 2.42. The molecule has 1 fully saturated rings. The second-order valence-corrected chi connectivity index (χ2v) is 9.71. The van der Waals surface area contributed by atoms with Gasteiger partial charge in [0.1, 0.15) is 5.56 Å². The van der Waals surface area contributed by atoms with Gasteiger partial charge in [-0.2, -0.15) is 9.40 Å². The summed E-state index contributed by atoms with van der Waals surface area (Å²) < 4.78 is 32.1. The van der Waals surface area contributed by atoms with Crippen LogP contribution in [0.15, 0.2) is 65.7 Å². The number of carbonyl (C=O) groups excluding carboxylic acids is 2. The van der Waals surface area contributed by atoms with Crippen molar-refractivity contribution < 1.29 is 22.7 Å². The number of esters is 1. The van der Waals surface area contributed by atoms with Crippen molar-refractivity contribution >= 4 is 33.5 Å². The summed E-state index contributed by atoms with van der Waals surface area (Å²) in [5.41, 5.74) is 1.51. The molecule has 0 bridgehead atoms. The molecular formula is C22H21ClN4O5S. The minimum absolute atomic E-state index is 0.143. The van der Waals surface area contributed by atoms with Crippen molar-refractivity contribution in [1.82, 2.24) is 19.4 Å². The third-order valence-electron chi connectivity index (χ3n) is 5.29. The van der Waals surface area contributed by atoms with E-state index in [1.54, 1.807) is 0 Å². The smallest absolute Gasteiger partial charge is 0.342 e. The number of sulfonamides is 1. The van der Waals surface area contributed by atoms with Crippen molar-refractivity contribution in [2.75, 3.05) is 32.8 Å². The summed E-state index contributed by atoms with van der Waals surface area (Å²) in [6.07, 6.45) is 1.36. The van der Waals surface area contributed by atoms with Gasteiger partial charge in [-0.05, 0) is 24.3 Å². The lowest BCUT2D eigenvalue weighted by atomic mass is 10.1. The summed E-state index contributed by atoms with van der Waals surface area (Å²) in [5, 5.41) is 7.13. The van der Waals surface area contributed by atoms with E-state index in [9.17, 15) is 18.0 Å². The Kier molecular flexibility index (Phi) is 6.77. The number of hydrogen-bond donors (Lipinski definition) is 1. The van der Waals surface area contributed by atoms with Gasteiger partial charge in [-0.1, -0.05) is 41.9 Å². The molecule has 0 saturated carbocycles. The van der Waals surface area contributed by atoms with Crippen LogP contribution >= 0.6 is 11.6 Å². The minimum Gasteiger partial charge on any atom is -0.452 e. The molecule has 0 spiro atoms. The number of rotatable bonds is 6. The molecular weight excluding hydrogens is 468 g/mol. The first-order valence-corrected chi connectivity index (χ1v) is 12.0. The Morgan fingerprint density at radius 3 is 2.33 bits per heavy atom. The van der Waals surface area contributed by atoms with Crippen molar-refractivity contribution in [1.29, 1.82) is 0 Å². The number of nitrogens with zero attached hydrogens (tertiary/aromatic N) is 3. The van der Waals surface area contributed by atoms with E-state index in [2.05, 4.69) is 10.2 Å². The fraction of sp³-hybridized carbons (Fsp3) is 0.227. The van der Waals surface area contributed by atoms with E-state index in [1.807, 2.05) is 30.3 Å². The number of halogens is 1. The van der Waals surface area contributed by atoms with Crippen LogP contribution in [0.25, 0.3) is 11.3 Å². The Labute approximate surface area is 196 Å². The molecule has 0 radical (unpaired) electrons. The number of amides is 1. The fourth-order valence-corrected chi connectivity index (χ4v) is 5.04. The lowest BCUT2D eigenvalue weighted by Crippen LogP contribution is -2.51. The van der Waals surface area contributed by atoms with E-state index in [1.165, 1.54) is 39.7 Å². The number of nitrogens with one attached hydrogen (secondary N) is 1. The van der Waals surface area contributed by atoms with Crippen LogP contribution in [-0.2, 0) is 19.6 Å².